The van der Waals surface area contributed by atoms with Gasteiger partial charge in [-0.05, 0) is 34.1 Å². The first-order chi connectivity index (χ1) is 9.08. The normalized spacial score (nSPS) is 11.0. The number of hydrogen-bond donors (Lipinski definition) is 0. The number of benzene rings is 2. The molecule has 2 aromatic carbocycles. The maximum atomic E-state index is 12.4. The molecular weight excluding hydrogens is 330 g/mol. The lowest BCUT2D eigenvalue weighted by molar-refractivity contribution is -0.384. The molecule has 3 rings (SSSR count). The second-order valence-electron chi connectivity index (χ2n) is 3.99. The molecule has 0 aliphatic heterocycles. The van der Waals surface area contributed by atoms with Crippen molar-refractivity contribution in [3.8, 4) is 0 Å². The van der Waals surface area contributed by atoms with Gasteiger partial charge in [0.15, 0.2) is 5.43 Å². The Bertz CT molecular complexity index is 888. The molecule has 19 heavy (non-hydrogen) atoms. The van der Waals surface area contributed by atoms with Crippen LogP contribution in [-0.2, 0) is 0 Å². The van der Waals surface area contributed by atoms with Gasteiger partial charge < -0.3 is 0 Å². The number of halogens is 1. The summed E-state index contributed by atoms with van der Waals surface area (Å²) in [5.74, 6) is 0. The van der Waals surface area contributed by atoms with E-state index in [2.05, 4.69) is 15.9 Å². The number of rotatable bonds is 1. The Morgan fingerprint density at radius 2 is 1.95 bits per heavy atom. The zero-order valence-electron chi connectivity index (χ0n) is 9.42. The summed E-state index contributed by atoms with van der Waals surface area (Å²) in [7, 11) is 0. The van der Waals surface area contributed by atoms with Crippen molar-refractivity contribution in [2.24, 2.45) is 0 Å². The van der Waals surface area contributed by atoms with Gasteiger partial charge in [0.1, 0.15) is 0 Å². The molecule has 0 saturated carbocycles. The molecule has 0 spiro atoms. The van der Waals surface area contributed by atoms with Crippen LogP contribution >= 0.6 is 27.3 Å². The van der Waals surface area contributed by atoms with Crippen LogP contribution in [0.1, 0.15) is 0 Å². The summed E-state index contributed by atoms with van der Waals surface area (Å²) in [6, 6.07) is 9.77. The van der Waals surface area contributed by atoms with Gasteiger partial charge in [0, 0.05) is 32.1 Å². The average Bonchev–Trinajstić information content (AvgIpc) is 2.40. The van der Waals surface area contributed by atoms with Gasteiger partial charge in [-0.15, -0.1) is 11.3 Å². The van der Waals surface area contributed by atoms with Crippen LogP contribution in [0.4, 0.5) is 5.69 Å². The minimum absolute atomic E-state index is 0.0638. The fourth-order valence-electron chi connectivity index (χ4n) is 1.94. The number of nitro groups is 1. The van der Waals surface area contributed by atoms with Crippen molar-refractivity contribution in [1.82, 2.24) is 0 Å². The monoisotopic (exact) mass is 335 g/mol. The van der Waals surface area contributed by atoms with Crippen molar-refractivity contribution in [3.05, 3.63) is 61.2 Å². The smallest absolute Gasteiger partial charge is 0.270 e. The quantitative estimate of drug-likeness (QED) is 0.382. The Morgan fingerprint density at radius 1 is 1.16 bits per heavy atom. The van der Waals surface area contributed by atoms with Gasteiger partial charge in [-0.25, -0.2) is 0 Å². The predicted octanol–water partition coefficient (Wildman–Crippen LogP) is 4.09. The molecule has 0 aliphatic rings. The van der Waals surface area contributed by atoms with Crippen LogP contribution in [0, 0.1) is 10.1 Å². The van der Waals surface area contributed by atoms with E-state index in [9.17, 15) is 14.9 Å². The van der Waals surface area contributed by atoms with Crippen LogP contribution in [0.2, 0.25) is 0 Å². The summed E-state index contributed by atoms with van der Waals surface area (Å²) in [5.41, 5.74) is -0.236. The fourth-order valence-corrected chi connectivity index (χ4v) is 3.61. The highest BCUT2D eigenvalue weighted by Gasteiger charge is 2.12. The first kappa shape index (κ1) is 12.3. The van der Waals surface area contributed by atoms with Crippen LogP contribution in [-0.4, -0.2) is 4.92 Å². The predicted molar refractivity (Wildman–Crippen MR) is 80.0 cm³/mol. The second kappa shape index (κ2) is 4.40. The Balaban J connectivity index is 2.51. The van der Waals surface area contributed by atoms with E-state index in [0.29, 0.717) is 10.8 Å². The van der Waals surface area contributed by atoms with Gasteiger partial charge in [0.2, 0.25) is 0 Å². The van der Waals surface area contributed by atoms with Crippen LogP contribution in [0.15, 0.2) is 45.7 Å². The van der Waals surface area contributed by atoms with Gasteiger partial charge in [-0.3, -0.25) is 14.9 Å². The van der Waals surface area contributed by atoms with Gasteiger partial charge in [-0.2, -0.15) is 0 Å². The number of hydrogen-bond acceptors (Lipinski definition) is 4. The van der Waals surface area contributed by atoms with Crippen molar-refractivity contribution in [3.63, 3.8) is 0 Å². The molecule has 0 amide bonds. The molecular formula is C13H6BrNO3S. The summed E-state index contributed by atoms with van der Waals surface area (Å²) in [6.45, 7) is 0. The topological polar surface area (TPSA) is 60.2 Å². The highest BCUT2D eigenvalue weighted by molar-refractivity contribution is 9.10. The van der Waals surface area contributed by atoms with E-state index in [1.54, 1.807) is 18.2 Å². The van der Waals surface area contributed by atoms with Gasteiger partial charge in [-0.1, -0.05) is 6.07 Å². The molecule has 0 N–H and O–H groups in total. The molecule has 4 nitrogen and oxygen atoms in total. The summed E-state index contributed by atoms with van der Waals surface area (Å²) in [5, 5.41) is 11.7. The number of non-ortho nitro benzene ring substituents is 1. The molecule has 1 aromatic heterocycles. The van der Waals surface area contributed by atoms with Crippen molar-refractivity contribution in [1.29, 1.82) is 0 Å². The molecule has 94 valence electrons. The van der Waals surface area contributed by atoms with Crippen LogP contribution in [0.25, 0.3) is 20.2 Å². The van der Waals surface area contributed by atoms with E-state index in [4.69, 9.17) is 0 Å². The zero-order valence-corrected chi connectivity index (χ0v) is 11.8. The third-order valence-electron chi connectivity index (χ3n) is 2.84. The van der Waals surface area contributed by atoms with Crippen molar-refractivity contribution >= 4 is 53.1 Å². The third kappa shape index (κ3) is 1.93. The molecule has 0 aliphatic carbocycles. The lowest BCUT2D eigenvalue weighted by Gasteiger charge is -2.02. The summed E-state index contributed by atoms with van der Waals surface area (Å²) >= 11 is 4.86. The minimum atomic E-state index is -0.491. The lowest BCUT2D eigenvalue weighted by Crippen LogP contribution is -2.01. The van der Waals surface area contributed by atoms with Crippen LogP contribution < -0.4 is 5.43 Å². The van der Waals surface area contributed by atoms with Gasteiger partial charge in [0.25, 0.3) is 5.69 Å². The van der Waals surface area contributed by atoms with Crippen molar-refractivity contribution < 1.29 is 4.92 Å². The van der Waals surface area contributed by atoms with Crippen molar-refractivity contribution in [2.45, 2.75) is 0 Å². The second-order valence-corrected chi connectivity index (χ2v) is 5.89. The molecule has 0 unspecified atom stereocenters. The molecule has 3 aromatic rings. The minimum Gasteiger partial charge on any atom is -0.288 e. The highest BCUT2D eigenvalue weighted by atomic mass is 79.9. The lowest BCUT2D eigenvalue weighted by atomic mass is 10.2. The summed E-state index contributed by atoms with van der Waals surface area (Å²) in [4.78, 5) is 22.7. The maximum Gasteiger partial charge on any atom is 0.270 e. The zero-order chi connectivity index (χ0) is 13.6. The standard InChI is InChI=1S/C13H6BrNO3S/c14-10-3-1-2-8-12(16)9-6-7(15(17)18)4-5-11(9)19-13(8)10/h1-6H. The first-order valence-corrected chi connectivity index (χ1v) is 6.98. The third-order valence-corrected chi connectivity index (χ3v) is 4.99. The SMILES string of the molecule is O=c1c2cc([N+](=O)[O-])ccc2sc2c(Br)cccc12. The van der Waals surface area contributed by atoms with E-state index < -0.39 is 4.92 Å². The Morgan fingerprint density at radius 3 is 2.68 bits per heavy atom. The fraction of sp³-hybridized carbons (Fsp3) is 0. The molecule has 0 saturated heterocycles. The molecule has 0 fully saturated rings. The molecule has 0 atom stereocenters. The van der Waals surface area contributed by atoms with Crippen LogP contribution in [0.5, 0.6) is 0 Å². The number of nitro benzene ring substituents is 1. The molecule has 0 radical (unpaired) electrons. The first-order valence-electron chi connectivity index (χ1n) is 5.37. The number of fused-ring (bicyclic) bond motifs is 2. The van der Waals surface area contributed by atoms with E-state index in [1.165, 1.54) is 23.5 Å². The highest BCUT2D eigenvalue weighted by Crippen LogP contribution is 2.31. The summed E-state index contributed by atoms with van der Waals surface area (Å²) in [6.07, 6.45) is 0. The number of nitrogens with zero attached hydrogens (tertiary/aromatic N) is 1. The largest absolute Gasteiger partial charge is 0.288 e. The van der Waals surface area contributed by atoms with Gasteiger partial charge in [0.05, 0.1) is 9.62 Å². The Kier molecular flexibility index (Phi) is 2.83. The molecule has 0 bridgehead atoms. The van der Waals surface area contributed by atoms with Crippen molar-refractivity contribution in [2.75, 3.05) is 0 Å². The van der Waals surface area contributed by atoms with E-state index in [-0.39, 0.29) is 11.1 Å². The molecule has 6 heteroatoms. The Labute approximate surface area is 119 Å². The van der Waals surface area contributed by atoms with Crippen LogP contribution in [0.3, 0.4) is 0 Å². The molecule has 1 heterocycles. The van der Waals surface area contributed by atoms with E-state index in [0.717, 1.165) is 13.9 Å². The average molecular weight is 336 g/mol. The Hall–Kier alpha value is -1.79. The summed E-state index contributed by atoms with van der Waals surface area (Å²) < 4.78 is 2.45. The van der Waals surface area contributed by atoms with E-state index >= 15 is 0 Å². The van der Waals surface area contributed by atoms with Gasteiger partial charge >= 0.3 is 0 Å². The van der Waals surface area contributed by atoms with E-state index in [1.807, 2.05) is 6.07 Å². The maximum absolute atomic E-state index is 12.4.